The second-order valence-electron chi connectivity index (χ2n) is 4.95. The summed E-state index contributed by atoms with van der Waals surface area (Å²) in [7, 11) is 3.42. The summed E-state index contributed by atoms with van der Waals surface area (Å²) < 4.78 is 0. The van der Waals surface area contributed by atoms with Gasteiger partial charge in [-0.1, -0.05) is 13.8 Å². The largest absolute Gasteiger partial charge is 0.347 e. The molecule has 6 heteroatoms. The molecule has 0 saturated carbocycles. The lowest BCUT2D eigenvalue weighted by Crippen LogP contribution is -2.37. The van der Waals surface area contributed by atoms with E-state index in [4.69, 9.17) is 0 Å². The molecular weight excluding hydrogens is 244 g/mol. The minimum absolute atomic E-state index is 0.0185. The number of nitrogens with zero attached hydrogens (tertiary/aromatic N) is 3. The zero-order valence-electron chi connectivity index (χ0n) is 12.2. The van der Waals surface area contributed by atoms with E-state index >= 15 is 0 Å². The number of amides is 1. The third-order valence-corrected chi connectivity index (χ3v) is 2.82. The summed E-state index contributed by atoms with van der Waals surface area (Å²) >= 11 is 0. The van der Waals surface area contributed by atoms with Gasteiger partial charge in [0.15, 0.2) is 0 Å². The number of likely N-dealkylation sites (N-methyl/N-ethyl adjacent to an activating group) is 2. The summed E-state index contributed by atoms with van der Waals surface area (Å²) in [5, 5.41) is 0. The van der Waals surface area contributed by atoms with E-state index in [1.165, 1.54) is 11.0 Å². The lowest BCUT2D eigenvalue weighted by molar-refractivity contribution is -0.127. The lowest BCUT2D eigenvalue weighted by atomic mass is 10.2. The first-order chi connectivity index (χ1) is 8.85. The standard InChI is InChI=1S/C13H22N4O2/c1-6-17(8-12(19)16(4)5)10-7-11(18)15-13(14-10)9(2)3/h7,9H,6,8H2,1-5H3,(H,14,15,18). The molecule has 1 N–H and O–H groups in total. The van der Waals surface area contributed by atoms with E-state index in [0.29, 0.717) is 18.2 Å². The van der Waals surface area contributed by atoms with Gasteiger partial charge in [-0.15, -0.1) is 0 Å². The molecule has 0 fully saturated rings. The van der Waals surface area contributed by atoms with E-state index in [9.17, 15) is 9.59 Å². The van der Waals surface area contributed by atoms with Crippen molar-refractivity contribution in [3.05, 3.63) is 22.2 Å². The Balaban J connectivity index is 3.04. The fraction of sp³-hybridized carbons (Fsp3) is 0.615. The third-order valence-electron chi connectivity index (χ3n) is 2.82. The molecule has 1 amide bonds. The van der Waals surface area contributed by atoms with Crippen molar-refractivity contribution in [2.75, 3.05) is 32.1 Å². The number of nitrogens with one attached hydrogen (secondary N) is 1. The van der Waals surface area contributed by atoms with Gasteiger partial charge >= 0.3 is 0 Å². The van der Waals surface area contributed by atoms with Crippen molar-refractivity contribution in [1.82, 2.24) is 14.9 Å². The molecule has 0 spiro atoms. The molecule has 0 aliphatic carbocycles. The Morgan fingerprint density at radius 1 is 1.42 bits per heavy atom. The Hall–Kier alpha value is -1.85. The Labute approximate surface area is 113 Å². The summed E-state index contributed by atoms with van der Waals surface area (Å²) in [4.78, 5) is 33.8. The van der Waals surface area contributed by atoms with Crippen LogP contribution in [0.5, 0.6) is 0 Å². The van der Waals surface area contributed by atoms with Crippen LogP contribution in [0.2, 0.25) is 0 Å². The highest BCUT2D eigenvalue weighted by Gasteiger charge is 2.14. The van der Waals surface area contributed by atoms with Crippen LogP contribution in [0.15, 0.2) is 10.9 Å². The van der Waals surface area contributed by atoms with Crippen molar-refractivity contribution >= 4 is 11.7 Å². The van der Waals surface area contributed by atoms with E-state index in [0.717, 1.165) is 0 Å². The average Bonchev–Trinajstić information content (AvgIpc) is 2.34. The monoisotopic (exact) mass is 266 g/mol. The maximum absolute atomic E-state index is 11.8. The van der Waals surface area contributed by atoms with Gasteiger partial charge in [0.05, 0.1) is 6.54 Å². The molecule has 1 aromatic heterocycles. The number of rotatable bonds is 5. The first-order valence-corrected chi connectivity index (χ1v) is 6.41. The predicted octanol–water partition coefficient (Wildman–Crippen LogP) is 0.808. The van der Waals surface area contributed by atoms with Gasteiger partial charge in [-0.3, -0.25) is 9.59 Å². The number of carbonyl (C=O) groups is 1. The highest BCUT2D eigenvalue weighted by molar-refractivity contribution is 5.80. The number of carbonyl (C=O) groups excluding carboxylic acids is 1. The first-order valence-electron chi connectivity index (χ1n) is 6.41. The maximum Gasteiger partial charge on any atom is 0.252 e. The maximum atomic E-state index is 11.8. The normalized spacial score (nSPS) is 10.6. The molecule has 0 radical (unpaired) electrons. The Bertz CT molecular complexity index is 494. The van der Waals surface area contributed by atoms with Crippen molar-refractivity contribution in [3.8, 4) is 0 Å². The van der Waals surface area contributed by atoms with Crippen LogP contribution in [0.25, 0.3) is 0 Å². The number of anilines is 1. The number of aromatic nitrogens is 2. The van der Waals surface area contributed by atoms with E-state index in [1.807, 2.05) is 20.8 Å². The third kappa shape index (κ3) is 4.08. The van der Waals surface area contributed by atoms with Crippen molar-refractivity contribution < 1.29 is 4.79 Å². The van der Waals surface area contributed by atoms with Crippen molar-refractivity contribution in [2.45, 2.75) is 26.7 Å². The molecule has 0 atom stereocenters. The Kier molecular flexibility index (Phi) is 5.09. The molecule has 0 unspecified atom stereocenters. The van der Waals surface area contributed by atoms with Crippen molar-refractivity contribution in [1.29, 1.82) is 0 Å². The molecule has 0 aliphatic rings. The van der Waals surface area contributed by atoms with Crippen LogP contribution in [-0.2, 0) is 4.79 Å². The van der Waals surface area contributed by atoms with Crippen LogP contribution in [0, 0.1) is 0 Å². The fourth-order valence-electron chi connectivity index (χ4n) is 1.56. The highest BCUT2D eigenvalue weighted by Crippen LogP contribution is 2.12. The molecule has 0 aliphatic heterocycles. The summed E-state index contributed by atoms with van der Waals surface area (Å²) in [6.07, 6.45) is 0. The van der Waals surface area contributed by atoms with Crippen LogP contribution in [-0.4, -0.2) is 48.0 Å². The highest BCUT2D eigenvalue weighted by atomic mass is 16.2. The quantitative estimate of drug-likeness (QED) is 0.856. The minimum Gasteiger partial charge on any atom is -0.347 e. The lowest BCUT2D eigenvalue weighted by Gasteiger charge is -2.23. The second-order valence-corrected chi connectivity index (χ2v) is 4.95. The van der Waals surface area contributed by atoms with Gasteiger partial charge in [-0.25, -0.2) is 4.98 Å². The molecule has 0 saturated heterocycles. The molecule has 6 nitrogen and oxygen atoms in total. The predicted molar refractivity (Wildman–Crippen MR) is 75.5 cm³/mol. The topological polar surface area (TPSA) is 69.3 Å². The van der Waals surface area contributed by atoms with Gasteiger partial charge in [0, 0.05) is 32.6 Å². The average molecular weight is 266 g/mol. The number of hydrogen-bond donors (Lipinski definition) is 1. The fourth-order valence-corrected chi connectivity index (χ4v) is 1.56. The van der Waals surface area contributed by atoms with Crippen LogP contribution >= 0.6 is 0 Å². The van der Waals surface area contributed by atoms with Crippen LogP contribution in [0.3, 0.4) is 0 Å². The van der Waals surface area contributed by atoms with Crippen LogP contribution < -0.4 is 10.5 Å². The van der Waals surface area contributed by atoms with Crippen molar-refractivity contribution in [3.63, 3.8) is 0 Å². The molecule has 0 bridgehead atoms. The Morgan fingerprint density at radius 3 is 2.53 bits per heavy atom. The number of hydrogen-bond acceptors (Lipinski definition) is 4. The second kappa shape index (κ2) is 6.36. The van der Waals surface area contributed by atoms with Gasteiger partial charge in [-0.2, -0.15) is 0 Å². The summed E-state index contributed by atoms with van der Waals surface area (Å²) in [6.45, 7) is 6.69. The first kappa shape index (κ1) is 15.2. The van der Waals surface area contributed by atoms with E-state index in [-0.39, 0.29) is 23.9 Å². The molecule has 1 heterocycles. The summed E-state index contributed by atoms with van der Waals surface area (Å²) in [6, 6.07) is 1.43. The van der Waals surface area contributed by atoms with Crippen LogP contribution in [0.1, 0.15) is 32.5 Å². The molecule has 19 heavy (non-hydrogen) atoms. The number of H-pyrrole nitrogens is 1. The van der Waals surface area contributed by atoms with E-state index < -0.39 is 0 Å². The van der Waals surface area contributed by atoms with Gasteiger partial charge in [0.25, 0.3) is 5.56 Å². The number of aromatic amines is 1. The van der Waals surface area contributed by atoms with Crippen molar-refractivity contribution in [2.24, 2.45) is 0 Å². The van der Waals surface area contributed by atoms with Gasteiger partial charge in [0.2, 0.25) is 5.91 Å². The van der Waals surface area contributed by atoms with Gasteiger partial charge in [-0.05, 0) is 6.92 Å². The molecular formula is C13H22N4O2. The minimum atomic E-state index is -0.190. The molecule has 1 aromatic rings. The van der Waals surface area contributed by atoms with Gasteiger partial charge in [0.1, 0.15) is 11.6 Å². The smallest absolute Gasteiger partial charge is 0.252 e. The SMILES string of the molecule is CCN(CC(=O)N(C)C)c1cc(=O)[nH]c(C(C)C)n1. The van der Waals surface area contributed by atoms with E-state index in [2.05, 4.69) is 9.97 Å². The zero-order valence-corrected chi connectivity index (χ0v) is 12.2. The van der Waals surface area contributed by atoms with Gasteiger partial charge < -0.3 is 14.8 Å². The zero-order chi connectivity index (χ0) is 14.6. The van der Waals surface area contributed by atoms with E-state index in [1.54, 1.807) is 19.0 Å². The molecule has 1 rings (SSSR count). The van der Waals surface area contributed by atoms with Crippen LogP contribution in [0.4, 0.5) is 5.82 Å². The summed E-state index contributed by atoms with van der Waals surface area (Å²) in [5.74, 6) is 1.30. The Morgan fingerprint density at radius 2 is 2.05 bits per heavy atom. The molecule has 106 valence electrons. The molecule has 0 aromatic carbocycles. The summed E-state index contributed by atoms with van der Waals surface area (Å²) in [5.41, 5.74) is -0.190.